The maximum atomic E-state index is 14.0. The molecule has 19 heavy (non-hydrogen) atoms. The van der Waals surface area contributed by atoms with Crippen molar-refractivity contribution in [1.29, 1.82) is 0 Å². The van der Waals surface area contributed by atoms with Gasteiger partial charge in [0.25, 0.3) is 0 Å². The van der Waals surface area contributed by atoms with Gasteiger partial charge in [0.05, 0.1) is 19.9 Å². The van der Waals surface area contributed by atoms with E-state index in [1.165, 1.54) is 38.7 Å². The van der Waals surface area contributed by atoms with Crippen molar-refractivity contribution in [2.75, 3.05) is 14.2 Å². The minimum atomic E-state index is -1.22. The second-order valence-electron chi connectivity index (χ2n) is 3.75. The Kier molecular flexibility index (Phi) is 3.91. The average Bonchev–Trinajstić information content (AvgIpc) is 2.47. The minimum Gasteiger partial charge on any atom is -0.494 e. The highest BCUT2D eigenvalue weighted by molar-refractivity contribution is 5.36. The number of benzene rings is 1. The summed E-state index contributed by atoms with van der Waals surface area (Å²) in [6.45, 7) is 0. The molecule has 0 saturated heterocycles. The Morgan fingerprint density at radius 3 is 2.68 bits per heavy atom. The fourth-order valence-electron chi connectivity index (χ4n) is 1.67. The van der Waals surface area contributed by atoms with E-state index in [0.717, 1.165) is 0 Å². The molecule has 2 aromatic rings. The molecule has 0 aliphatic carbocycles. The van der Waals surface area contributed by atoms with Crippen molar-refractivity contribution < 1.29 is 19.0 Å². The third kappa shape index (κ3) is 2.63. The normalized spacial score (nSPS) is 12.0. The quantitative estimate of drug-likeness (QED) is 0.910. The lowest BCUT2D eigenvalue weighted by molar-refractivity contribution is 0.207. The van der Waals surface area contributed by atoms with Crippen LogP contribution in [-0.2, 0) is 0 Å². The summed E-state index contributed by atoms with van der Waals surface area (Å²) in [5, 5.41) is 10.2. The predicted molar refractivity (Wildman–Crippen MR) is 65.6 cm³/mol. The van der Waals surface area contributed by atoms with Gasteiger partial charge in [-0.25, -0.2) is 14.4 Å². The standard InChI is InChI=1S/C13H13FN2O3/c1-18-10-5-3-4-8(12(10)14)13(17)9-6-11(19-2)16-7-15-9/h3-7,13,17H,1-2H3. The first kappa shape index (κ1) is 13.2. The van der Waals surface area contributed by atoms with Crippen molar-refractivity contribution in [3.63, 3.8) is 0 Å². The van der Waals surface area contributed by atoms with Crippen LogP contribution in [0.2, 0.25) is 0 Å². The Morgan fingerprint density at radius 2 is 2.00 bits per heavy atom. The molecular weight excluding hydrogens is 251 g/mol. The Hall–Kier alpha value is -2.21. The number of halogens is 1. The van der Waals surface area contributed by atoms with Crippen LogP contribution in [-0.4, -0.2) is 29.3 Å². The average molecular weight is 264 g/mol. The van der Waals surface area contributed by atoms with E-state index in [0.29, 0.717) is 5.88 Å². The number of hydrogen-bond acceptors (Lipinski definition) is 5. The van der Waals surface area contributed by atoms with Crippen molar-refractivity contribution >= 4 is 0 Å². The molecular formula is C13H13FN2O3. The SMILES string of the molecule is COc1cc(C(O)c2cccc(OC)c2F)ncn1. The Balaban J connectivity index is 2.40. The molecule has 0 radical (unpaired) electrons. The molecule has 1 aromatic carbocycles. The van der Waals surface area contributed by atoms with Crippen LogP contribution in [0.1, 0.15) is 17.4 Å². The molecule has 0 saturated carbocycles. The van der Waals surface area contributed by atoms with Gasteiger partial charge in [-0.3, -0.25) is 0 Å². The van der Waals surface area contributed by atoms with Crippen LogP contribution < -0.4 is 9.47 Å². The lowest BCUT2D eigenvalue weighted by atomic mass is 10.1. The molecule has 0 spiro atoms. The zero-order valence-corrected chi connectivity index (χ0v) is 10.5. The van der Waals surface area contributed by atoms with Gasteiger partial charge >= 0.3 is 0 Å². The van der Waals surface area contributed by atoms with Crippen LogP contribution in [0.5, 0.6) is 11.6 Å². The fraction of sp³-hybridized carbons (Fsp3) is 0.231. The third-order valence-electron chi connectivity index (χ3n) is 2.66. The topological polar surface area (TPSA) is 64.5 Å². The molecule has 1 unspecified atom stereocenters. The first-order chi connectivity index (χ1) is 9.17. The zero-order chi connectivity index (χ0) is 13.8. The molecule has 0 fully saturated rings. The summed E-state index contributed by atoms with van der Waals surface area (Å²) in [7, 11) is 2.81. The second-order valence-corrected chi connectivity index (χ2v) is 3.75. The first-order valence-electron chi connectivity index (χ1n) is 5.53. The van der Waals surface area contributed by atoms with Crippen LogP contribution in [0, 0.1) is 5.82 Å². The van der Waals surface area contributed by atoms with Crippen molar-refractivity contribution in [3.8, 4) is 11.6 Å². The van der Waals surface area contributed by atoms with E-state index in [1.807, 2.05) is 0 Å². The van der Waals surface area contributed by atoms with Crippen molar-refractivity contribution in [2.24, 2.45) is 0 Å². The summed E-state index contributed by atoms with van der Waals surface area (Å²) in [6.07, 6.45) is 0.0298. The summed E-state index contributed by atoms with van der Waals surface area (Å²) < 4.78 is 23.8. The van der Waals surface area contributed by atoms with E-state index in [1.54, 1.807) is 6.07 Å². The molecule has 0 aliphatic rings. The molecule has 0 amide bonds. The van der Waals surface area contributed by atoms with Crippen molar-refractivity contribution in [2.45, 2.75) is 6.10 Å². The van der Waals surface area contributed by atoms with Crippen molar-refractivity contribution in [3.05, 3.63) is 47.7 Å². The smallest absolute Gasteiger partial charge is 0.216 e. The summed E-state index contributed by atoms with van der Waals surface area (Å²) in [5.41, 5.74) is 0.333. The van der Waals surface area contributed by atoms with E-state index in [-0.39, 0.29) is 17.0 Å². The fourth-order valence-corrected chi connectivity index (χ4v) is 1.67. The van der Waals surface area contributed by atoms with E-state index in [4.69, 9.17) is 9.47 Å². The highest BCUT2D eigenvalue weighted by atomic mass is 19.1. The van der Waals surface area contributed by atoms with Gasteiger partial charge in [0, 0.05) is 11.6 Å². The summed E-state index contributed by atoms with van der Waals surface area (Å²) in [6, 6.07) is 5.99. The number of aliphatic hydroxyl groups excluding tert-OH is 1. The van der Waals surface area contributed by atoms with Crippen molar-refractivity contribution in [1.82, 2.24) is 9.97 Å². The maximum absolute atomic E-state index is 14.0. The summed E-state index contributed by atoms with van der Waals surface area (Å²) in [5.74, 6) is -0.250. The second kappa shape index (κ2) is 5.62. The van der Waals surface area contributed by atoms with E-state index in [2.05, 4.69) is 9.97 Å². The van der Waals surface area contributed by atoms with E-state index < -0.39 is 11.9 Å². The molecule has 1 atom stereocenters. The zero-order valence-electron chi connectivity index (χ0n) is 10.5. The molecule has 1 aromatic heterocycles. The van der Waals surface area contributed by atoms with Crippen LogP contribution >= 0.6 is 0 Å². The lowest BCUT2D eigenvalue weighted by Gasteiger charge is -2.13. The van der Waals surface area contributed by atoms with Gasteiger partial charge in [-0.1, -0.05) is 12.1 Å². The molecule has 1 N–H and O–H groups in total. The highest BCUT2D eigenvalue weighted by Gasteiger charge is 2.19. The van der Waals surface area contributed by atoms with Crippen LogP contribution in [0.15, 0.2) is 30.6 Å². The number of hydrogen-bond donors (Lipinski definition) is 1. The van der Waals surface area contributed by atoms with Crippen LogP contribution in [0.3, 0.4) is 0 Å². The Morgan fingerprint density at radius 1 is 1.21 bits per heavy atom. The lowest BCUT2D eigenvalue weighted by Crippen LogP contribution is -2.06. The van der Waals surface area contributed by atoms with Gasteiger partial charge in [-0.2, -0.15) is 0 Å². The van der Waals surface area contributed by atoms with Gasteiger partial charge in [0.15, 0.2) is 11.6 Å². The number of aromatic nitrogens is 2. The largest absolute Gasteiger partial charge is 0.494 e. The van der Waals surface area contributed by atoms with E-state index >= 15 is 0 Å². The highest BCUT2D eigenvalue weighted by Crippen LogP contribution is 2.28. The number of ether oxygens (including phenoxy) is 2. The third-order valence-corrected chi connectivity index (χ3v) is 2.66. The molecule has 2 rings (SSSR count). The Bertz CT molecular complexity index is 578. The Labute approximate surface area is 109 Å². The summed E-state index contributed by atoms with van der Waals surface area (Å²) in [4.78, 5) is 7.74. The van der Waals surface area contributed by atoms with Crippen LogP contribution in [0.25, 0.3) is 0 Å². The molecule has 100 valence electrons. The molecule has 1 heterocycles. The van der Waals surface area contributed by atoms with Gasteiger partial charge in [0.1, 0.15) is 12.4 Å². The minimum absolute atomic E-state index is 0.0672. The monoisotopic (exact) mass is 264 g/mol. The number of rotatable bonds is 4. The van der Waals surface area contributed by atoms with Crippen LogP contribution in [0.4, 0.5) is 4.39 Å². The maximum Gasteiger partial charge on any atom is 0.216 e. The van der Waals surface area contributed by atoms with Gasteiger partial charge in [-0.05, 0) is 6.07 Å². The molecule has 0 bridgehead atoms. The molecule has 0 aliphatic heterocycles. The molecule has 5 nitrogen and oxygen atoms in total. The first-order valence-corrected chi connectivity index (χ1v) is 5.53. The van der Waals surface area contributed by atoms with E-state index in [9.17, 15) is 9.50 Å². The number of aliphatic hydroxyl groups is 1. The van der Waals surface area contributed by atoms with Gasteiger partial charge < -0.3 is 14.6 Å². The predicted octanol–water partition coefficient (Wildman–Crippen LogP) is 1.71. The molecule has 6 heteroatoms. The van der Waals surface area contributed by atoms with Gasteiger partial charge in [0.2, 0.25) is 5.88 Å². The van der Waals surface area contributed by atoms with Gasteiger partial charge in [-0.15, -0.1) is 0 Å². The number of nitrogens with zero attached hydrogens (tertiary/aromatic N) is 2. The summed E-state index contributed by atoms with van der Waals surface area (Å²) >= 11 is 0. The number of methoxy groups -OCH3 is 2.